The Kier molecular flexibility index (Phi) is 4.55. The molecule has 1 aromatic carbocycles. The van der Waals surface area contributed by atoms with Crippen molar-refractivity contribution in [3.8, 4) is 5.75 Å². The summed E-state index contributed by atoms with van der Waals surface area (Å²) in [4.78, 5) is 12.0. The molecule has 0 spiro atoms. The van der Waals surface area contributed by atoms with E-state index in [0.717, 1.165) is 6.42 Å². The lowest BCUT2D eigenvalue weighted by Crippen LogP contribution is -2.33. The van der Waals surface area contributed by atoms with E-state index in [0.29, 0.717) is 17.0 Å². The molecule has 2 N–H and O–H groups in total. The number of aromatic hydroxyl groups is 1. The molecule has 94 valence electrons. The third kappa shape index (κ3) is 3.77. The Morgan fingerprint density at radius 2 is 2.00 bits per heavy atom. The third-order valence-corrected chi connectivity index (χ3v) is 2.75. The predicted octanol–water partition coefficient (Wildman–Crippen LogP) is 2.87. The number of nitrogens with one attached hydrogen (secondary N) is 1. The van der Waals surface area contributed by atoms with Crippen molar-refractivity contribution >= 4 is 5.91 Å². The van der Waals surface area contributed by atoms with Gasteiger partial charge in [0, 0.05) is 17.2 Å². The van der Waals surface area contributed by atoms with Crippen molar-refractivity contribution in [1.29, 1.82) is 0 Å². The van der Waals surface area contributed by atoms with E-state index in [9.17, 15) is 9.90 Å². The van der Waals surface area contributed by atoms with E-state index >= 15 is 0 Å². The van der Waals surface area contributed by atoms with Gasteiger partial charge in [-0.3, -0.25) is 4.79 Å². The van der Waals surface area contributed by atoms with Gasteiger partial charge in [-0.15, -0.1) is 0 Å². The highest BCUT2D eigenvalue weighted by Crippen LogP contribution is 2.19. The zero-order chi connectivity index (χ0) is 13.0. The van der Waals surface area contributed by atoms with E-state index in [1.165, 1.54) is 0 Å². The van der Waals surface area contributed by atoms with Crippen LogP contribution in [0.1, 0.15) is 43.1 Å². The molecule has 0 radical (unpaired) electrons. The number of hydrogen-bond donors (Lipinski definition) is 2. The van der Waals surface area contributed by atoms with E-state index < -0.39 is 0 Å². The Morgan fingerprint density at radius 3 is 2.59 bits per heavy atom. The molecule has 0 saturated heterocycles. The van der Waals surface area contributed by atoms with Crippen molar-refractivity contribution < 1.29 is 9.90 Å². The number of amides is 1. The van der Waals surface area contributed by atoms with Crippen LogP contribution in [0.3, 0.4) is 0 Å². The maximum Gasteiger partial charge on any atom is 0.251 e. The first-order valence-electron chi connectivity index (χ1n) is 6.01. The molecule has 0 aliphatic heterocycles. The van der Waals surface area contributed by atoms with E-state index in [2.05, 4.69) is 19.2 Å². The van der Waals surface area contributed by atoms with Gasteiger partial charge in [0.15, 0.2) is 0 Å². The van der Waals surface area contributed by atoms with Gasteiger partial charge < -0.3 is 10.4 Å². The summed E-state index contributed by atoms with van der Waals surface area (Å²) >= 11 is 0. The molecule has 0 fully saturated rings. The first-order valence-corrected chi connectivity index (χ1v) is 6.01. The van der Waals surface area contributed by atoms with Crippen LogP contribution >= 0.6 is 0 Å². The van der Waals surface area contributed by atoms with Crippen molar-refractivity contribution in [2.45, 2.75) is 40.2 Å². The Bertz CT molecular complexity index is 399. The number of carbonyl (C=O) groups is 1. The van der Waals surface area contributed by atoms with Crippen molar-refractivity contribution in [1.82, 2.24) is 5.32 Å². The molecule has 1 atom stereocenters. The number of phenols is 1. The molecule has 0 saturated carbocycles. The monoisotopic (exact) mass is 235 g/mol. The number of benzene rings is 1. The summed E-state index contributed by atoms with van der Waals surface area (Å²) in [6, 6.07) is 5.14. The summed E-state index contributed by atoms with van der Waals surface area (Å²) in [6.45, 7) is 8.00. The van der Waals surface area contributed by atoms with Crippen LogP contribution in [0.25, 0.3) is 0 Å². The van der Waals surface area contributed by atoms with Crippen LogP contribution in [0.4, 0.5) is 0 Å². The maximum atomic E-state index is 12.0. The molecular weight excluding hydrogens is 214 g/mol. The normalized spacial score (nSPS) is 12.5. The molecule has 0 bridgehead atoms. The Balaban J connectivity index is 2.73. The Labute approximate surface area is 103 Å². The fraction of sp³-hybridized carbons (Fsp3) is 0.500. The molecule has 1 unspecified atom stereocenters. The standard InChI is InChI=1S/C14H21NO2/c1-9(2)8-10(3)15-14(17)12-6-5-7-13(16)11(12)4/h5-7,9-10,16H,8H2,1-4H3,(H,15,17). The van der Waals surface area contributed by atoms with Gasteiger partial charge in [0.2, 0.25) is 0 Å². The smallest absolute Gasteiger partial charge is 0.251 e. The van der Waals surface area contributed by atoms with E-state index in [1.807, 2.05) is 6.92 Å². The zero-order valence-corrected chi connectivity index (χ0v) is 10.9. The Morgan fingerprint density at radius 1 is 1.35 bits per heavy atom. The SMILES string of the molecule is Cc1c(O)cccc1C(=O)NC(C)CC(C)C. The first kappa shape index (κ1) is 13.6. The summed E-state index contributed by atoms with van der Waals surface area (Å²) in [5, 5.41) is 12.5. The Hall–Kier alpha value is -1.51. The topological polar surface area (TPSA) is 49.3 Å². The van der Waals surface area contributed by atoms with Gasteiger partial charge in [0.1, 0.15) is 5.75 Å². The van der Waals surface area contributed by atoms with Crippen LogP contribution in [0.15, 0.2) is 18.2 Å². The van der Waals surface area contributed by atoms with Gasteiger partial charge in [-0.25, -0.2) is 0 Å². The zero-order valence-electron chi connectivity index (χ0n) is 10.9. The van der Waals surface area contributed by atoms with E-state index in [-0.39, 0.29) is 17.7 Å². The van der Waals surface area contributed by atoms with Crippen molar-refractivity contribution in [3.05, 3.63) is 29.3 Å². The van der Waals surface area contributed by atoms with Gasteiger partial charge in [-0.05, 0) is 38.3 Å². The number of hydrogen-bond acceptors (Lipinski definition) is 2. The lowest BCUT2D eigenvalue weighted by atomic mass is 10.0. The number of carbonyl (C=O) groups excluding carboxylic acids is 1. The summed E-state index contributed by atoms with van der Waals surface area (Å²) < 4.78 is 0. The molecule has 1 aromatic rings. The largest absolute Gasteiger partial charge is 0.508 e. The average molecular weight is 235 g/mol. The minimum Gasteiger partial charge on any atom is -0.508 e. The van der Waals surface area contributed by atoms with Crippen LogP contribution < -0.4 is 5.32 Å². The maximum absolute atomic E-state index is 12.0. The lowest BCUT2D eigenvalue weighted by Gasteiger charge is -2.16. The summed E-state index contributed by atoms with van der Waals surface area (Å²) in [5.41, 5.74) is 1.17. The average Bonchev–Trinajstić information content (AvgIpc) is 2.20. The minimum absolute atomic E-state index is 0.119. The molecule has 3 nitrogen and oxygen atoms in total. The highest BCUT2D eigenvalue weighted by Gasteiger charge is 2.14. The van der Waals surface area contributed by atoms with Gasteiger partial charge in [0.25, 0.3) is 5.91 Å². The second kappa shape index (κ2) is 5.71. The van der Waals surface area contributed by atoms with Crippen LogP contribution in [0.2, 0.25) is 0 Å². The molecule has 0 aromatic heterocycles. The highest BCUT2D eigenvalue weighted by atomic mass is 16.3. The van der Waals surface area contributed by atoms with Crippen LogP contribution in [0.5, 0.6) is 5.75 Å². The van der Waals surface area contributed by atoms with Gasteiger partial charge in [-0.1, -0.05) is 19.9 Å². The van der Waals surface area contributed by atoms with Gasteiger partial charge >= 0.3 is 0 Å². The molecule has 17 heavy (non-hydrogen) atoms. The second-order valence-corrected chi connectivity index (χ2v) is 4.95. The lowest BCUT2D eigenvalue weighted by molar-refractivity contribution is 0.0935. The molecule has 3 heteroatoms. The minimum atomic E-state index is -0.119. The molecule has 0 aliphatic carbocycles. The fourth-order valence-electron chi connectivity index (χ4n) is 1.94. The number of phenolic OH excluding ortho intramolecular Hbond substituents is 1. The summed E-state index contributed by atoms with van der Waals surface area (Å²) in [6.07, 6.45) is 0.948. The summed E-state index contributed by atoms with van der Waals surface area (Å²) in [5.74, 6) is 0.594. The molecule has 1 amide bonds. The van der Waals surface area contributed by atoms with Crippen molar-refractivity contribution in [2.75, 3.05) is 0 Å². The molecular formula is C14H21NO2. The van der Waals surface area contributed by atoms with Crippen molar-refractivity contribution in [2.24, 2.45) is 5.92 Å². The fourth-order valence-corrected chi connectivity index (χ4v) is 1.94. The van der Waals surface area contributed by atoms with Crippen LogP contribution in [0, 0.1) is 12.8 Å². The third-order valence-electron chi connectivity index (χ3n) is 2.75. The quantitative estimate of drug-likeness (QED) is 0.843. The highest BCUT2D eigenvalue weighted by molar-refractivity contribution is 5.96. The van der Waals surface area contributed by atoms with Gasteiger partial charge in [-0.2, -0.15) is 0 Å². The van der Waals surface area contributed by atoms with Gasteiger partial charge in [0.05, 0.1) is 0 Å². The first-order chi connectivity index (χ1) is 7.91. The van der Waals surface area contributed by atoms with Crippen LogP contribution in [-0.2, 0) is 0 Å². The van der Waals surface area contributed by atoms with Crippen LogP contribution in [-0.4, -0.2) is 17.1 Å². The molecule has 0 aliphatic rings. The van der Waals surface area contributed by atoms with E-state index in [1.54, 1.807) is 25.1 Å². The molecule has 1 rings (SSSR count). The molecule has 0 heterocycles. The predicted molar refractivity (Wildman–Crippen MR) is 69.2 cm³/mol. The van der Waals surface area contributed by atoms with E-state index in [4.69, 9.17) is 0 Å². The number of rotatable bonds is 4. The second-order valence-electron chi connectivity index (χ2n) is 4.95. The summed E-state index contributed by atoms with van der Waals surface area (Å²) in [7, 11) is 0. The van der Waals surface area contributed by atoms with Crippen molar-refractivity contribution in [3.63, 3.8) is 0 Å².